The van der Waals surface area contributed by atoms with E-state index >= 15 is 0 Å². The van der Waals surface area contributed by atoms with Crippen molar-refractivity contribution in [2.45, 2.75) is 6.54 Å². The maximum Gasteiger partial charge on any atom is 0.266 e. The van der Waals surface area contributed by atoms with E-state index in [0.29, 0.717) is 28.4 Å². The lowest BCUT2D eigenvalue weighted by atomic mass is 10.3. The van der Waals surface area contributed by atoms with E-state index in [9.17, 15) is 4.79 Å². The van der Waals surface area contributed by atoms with Crippen LogP contribution in [0.5, 0.6) is 0 Å². The monoisotopic (exact) mass is 322 g/mol. The van der Waals surface area contributed by atoms with Crippen LogP contribution in [-0.2, 0) is 6.54 Å². The number of hydrogen-bond acceptors (Lipinski definition) is 4. The van der Waals surface area contributed by atoms with Crippen LogP contribution in [0.15, 0.2) is 43.8 Å². The molecule has 0 aliphatic carbocycles. The summed E-state index contributed by atoms with van der Waals surface area (Å²) in [5.74, 6) is 0.466. The maximum absolute atomic E-state index is 12.4. The van der Waals surface area contributed by atoms with Crippen LogP contribution in [0.4, 0.5) is 5.82 Å². The zero-order chi connectivity index (χ0) is 12.7. The van der Waals surface area contributed by atoms with Crippen LogP contribution < -0.4 is 5.56 Å². The zero-order valence-electron chi connectivity index (χ0n) is 9.05. The number of H-pyrrole nitrogens is 1. The van der Waals surface area contributed by atoms with Crippen LogP contribution in [-0.4, -0.2) is 9.55 Å². The fourth-order valence-corrected chi connectivity index (χ4v) is 2.56. The number of aromatic nitrogens is 2. The van der Waals surface area contributed by atoms with Gasteiger partial charge in [-0.3, -0.25) is 9.36 Å². The molecule has 0 atom stereocenters. The van der Waals surface area contributed by atoms with Crippen molar-refractivity contribution in [1.29, 1.82) is 0 Å². The largest absolute Gasteiger partial charge is 0.315 e. The molecule has 0 fully saturated rings. The first kappa shape index (κ1) is 11.5. The van der Waals surface area contributed by atoms with Gasteiger partial charge in [0.1, 0.15) is 0 Å². The highest BCUT2D eigenvalue weighted by molar-refractivity contribution is 9.10. The Morgan fingerprint density at radius 3 is 2.94 bits per heavy atom. The quantitative estimate of drug-likeness (QED) is 0.819. The maximum atomic E-state index is 12.4. The summed E-state index contributed by atoms with van der Waals surface area (Å²) in [7, 11) is 0. The van der Waals surface area contributed by atoms with Crippen LogP contribution in [0.3, 0.4) is 0 Å². The van der Waals surface area contributed by atoms with E-state index in [0.717, 1.165) is 4.47 Å². The van der Waals surface area contributed by atoms with Crippen LogP contribution in [0.1, 0.15) is 5.56 Å². The van der Waals surface area contributed by atoms with Crippen LogP contribution in [0.25, 0.3) is 5.69 Å². The van der Waals surface area contributed by atoms with E-state index in [1.54, 1.807) is 0 Å². The molecule has 1 aliphatic rings. The predicted molar refractivity (Wildman–Crippen MR) is 73.1 cm³/mol. The summed E-state index contributed by atoms with van der Waals surface area (Å²) in [5, 5.41) is 7.69. The van der Waals surface area contributed by atoms with Crippen molar-refractivity contribution < 1.29 is 0 Å². The Bertz CT molecular complexity index is 777. The van der Waals surface area contributed by atoms with Crippen LogP contribution >= 0.6 is 28.1 Å². The third-order valence-electron chi connectivity index (χ3n) is 2.67. The second-order valence-electron chi connectivity index (χ2n) is 3.75. The number of hydrogen-bond donors (Lipinski definition) is 1. The molecule has 1 N–H and O–H groups in total. The van der Waals surface area contributed by atoms with Crippen LogP contribution in [0, 0.1) is 4.77 Å². The van der Waals surface area contributed by atoms with Gasteiger partial charge in [-0.05, 0) is 40.3 Å². The van der Waals surface area contributed by atoms with E-state index in [1.807, 2.05) is 24.3 Å². The highest BCUT2D eigenvalue weighted by atomic mass is 79.9. The number of aromatic amines is 1. The Hall–Kier alpha value is -1.60. The molecule has 2 heterocycles. The Morgan fingerprint density at radius 2 is 2.17 bits per heavy atom. The van der Waals surface area contributed by atoms with Crippen molar-refractivity contribution in [2.75, 3.05) is 0 Å². The second kappa shape index (κ2) is 4.25. The highest BCUT2D eigenvalue weighted by Crippen LogP contribution is 2.24. The van der Waals surface area contributed by atoms with Gasteiger partial charge in [0.25, 0.3) is 5.56 Å². The minimum atomic E-state index is -0.175. The molecule has 18 heavy (non-hydrogen) atoms. The number of rotatable bonds is 1. The van der Waals surface area contributed by atoms with Gasteiger partial charge in [0, 0.05) is 4.47 Å². The van der Waals surface area contributed by atoms with E-state index in [2.05, 4.69) is 31.1 Å². The molecule has 0 radical (unpaired) electrons. The van der Waals surface area contributed by atoms with Crippen molar-refractivity contribution >= 4 is 34.0 Å². The van der Waals surface area contributed by atoms with Gasteiger partial charge in [-0.1, -0.05) is 12.1 Å². The van der Waals surface area contributed by atoms with E-state index in [-0.39, 0.29) is 5.56 Å². The lowest BCUT2D eigenvalue weighted by Crippen LogP contribution is -2.23. The van der Waals surface area contributed by atoms with Crippen molar-refractivity contribution in [3.63, 3.8) is 0 Å². The average molecular weight is 323 g/mol. The fraction of sp³-hybridized carbons (Fsp3) is 0.0909. The summed E-state index contributed by atoms with van der Waals surface area (Å²) >= 11 is 8.62. The molecule has 0 unspecified atom stereocenters. The highest BCUT2D eigenvalue weighted by Gasteiger charge is 2.17. The number of nitrogens with one attached hydrogen (secondary N) is 1. The van der Waals surface area contributed by atoms with Gasteiger partial charge >= 0.3 is 0 Å². The van der Waals surface area contributed by atoms with Crippen molar-refractivity contribution in [3.8, 4) is 5.69 Å². The molecule has 0 saturated heterocycles. The normalized spacial score (nSPS) is 12.7. The molecule has 3 rings (SSSR count). The van der Waals surface area contributed by atoms with Gasteiger partial charge in [-0.15, -0.1) is 5.11 Å². The van der Waals surface area contributed by atoms with Crippen LogP contribution in [0.2, 0.25) is 0 Å². The van der Waals surface area contributed by atoms with E-state index in [4.69, 9.17) is 12.2 Å². The lowest BCUT2D eigenvalue weighted by molar-refractivity contribution is 0.885. The minimum Gasteiger partial charge on any atom is -0.315 e. The third kappa shape index (κ3) is 1.67. The van der Waals surface area contributed by atoms with Gasteiger partial charge < -0.3 is 4.98 Å². The number of fused-ring (bicyclic) bond motifs is 1. The summed E-state index contributed by atoms with van der Waals surface area (Å²) in [6, 6.07) is 7.41. The van der Waals surface area contributed by atoms with Gasteiger partial charge in [0.15, 0.2) is 10.6 Å². The summed E-state index contributed by atoms with van der Waals surface area (Å²) in [5.41, 5.74) is 1.07. The summed E-state index contributed by atoms with van der Waals surface area (Å²) in [4.78, 5) is 15.3. The standard InChI is InChI=1S/C11H7BrN4OS/c12-7-3-1-2-4-8(7)16-10(17)6-5-13-15-9(6)14-11(16)18/h1-4H,5H2,(H,14,18). The van der Waals surface area contributed by atoms with Crippen molar-refractivity contribution in [2.24, 2.45) is 10.2 Å². The molecule has 90 valence electrons. The van der Waals surface area contributed by atoms with Gasteiger partial charge in [0.05, 0.1) is 17.8 Å². The fourth-order valence-electron chi connectivity index (χ4n) is 1.82. The topological polar surface area (TPSA) is 62.5 Å². The van der Waals surface area contributed by atoms with E-state index in [1.165, 1.54) is 4.57 Å². The molecule has 7 heteroatoms. The number of azo groups is 1. The molecule has 1 aromatic carbocycles. The van der Waals surface area contributed by atoms with Crippen molar-refractivity contribution in [3.05, 3.63) is 49.4 Å². The van der Waals surface area contributed by atoms with Crippen molar-refractivity contribution in [1.82, 2.24) is 9.55 Å². The Balaban J connectivity index is 2.37. The molecule has 0 bridgehead atoms. The summed E-state index contributed by atoms with van der Waals surface area (Å²) in [6.07, 6.45) is 0. The molecule has 0 amide bonds. The zero-order valence-corrected chi connectivity index (χ0v) is 11.5. The SMILES string of the molecule is O=c1c2c([nH]c(=S)n1-c1ccccc1Br)N=NC2. The van der Waals surface area contributed by atoms with Gasteiger partial charge in [-0.25, -0.2) is 0 Å². The molecule has 2 aromatic rings. The molecule has 1 aliphatic heterocycles. The Labute approximate surface area is 115 Å². The molecule has 5 nitrogen and oxygen atoms in total. The Morgan fingerprint density at radius 1 is 1.39 bits per heavy atom. The summed E-state index contributed by atoms with van der Waals surface area (Å²) in [6.45, 7) is 0.296. The molecular weight excluding hydrogens is 316 g/mol. The van der Waals surface area contributed by atoms with Gasteiger partial charge in [-0.2, -0.15) is 5.11 Å². The minimum absolute atomic E-state index is 0.175. The number of benzene rings is 1. The number of para-hydroxylation sites is 1. The molecule has 0 spiro atoms. The molecule has 0 saturated carbocycles. The Kier molecular flexibility index (Phi) is 2.71. The van der Waals surface area contributed by atoms with E-state index < -0.39 is 0 Å². The third-order valence-corrected chi connectivity index (χ3v) is 3.62. The molecular formula is C11H7BrN4OS. The molecule has 1 aromatic heterocycles. The summed E-state index contributed by atoms with van der Waals surface area (Å²) < 4.78 is 2.57. The second-order valence-corrected chi connectivity index (χ2v) is 4.99. The first-order chi connectivity index (χ1) is 8.68. The lowest BCUT2D eigenvalue weighted by Gasteiger charge is -2.09. The number of nitrogens with zero attached hydrogens (tertiary/aromatic N) is 3. The predicted octanol–water partition coefficient (Wildman–Crippen LogP) is 3.25. The smallest absolute Gasteiger partial charge is 0.266 e. The number of halogens is 1. The first-order valence-electron chi connectivity index (χ1n) is 5.19. The average Bonchev–Trinajstić information content (AvgIpc) is 2.79. The first-order valence-corrected chi connectivity index (χ1v) is 6.39. The van der Waals surface area contributed by atoms with Gasteiger partial charge in [0.2, 0.25) is 0 Å².